The van der Waals surface area contributed by atoms with E-state index in [0.29, 0.717) is 30.1 Å². The number of hydrogen-bond donors (Lipinski definition) is 1. The van der Waals surface area contributed by atoms with Crippen molar-refractivity contribution in [2.45, 2.75) is 50.9 Å². The number of nitriles is 1. The molecular weight excluding hydrogens is 342 g/mol. The van der Waals surface area contributed by atoms with Crippen LogP contribution >= 0.6 is 0 Å². The van der Waals surface area contributed by atoms with E-state index in [2.05, 4.69) is 16.3 Å². The molecule has 140 valence electrons. The SMILES string of the molecule is C[C@@H]1CN(c2nc3ccccc3nc2[C@@H](C#N)C(=O)NC2CC2)C[C@@H](C)O1. The van der Waals surface area contributed by atoms with Gasteiger partial charge in [-0.25, -0.2) is 9.97 Å². The number of carbonyl (C=O) groups excluding carboxylic acids is 1. The minimum Gasteiger partial charge on any atom is -0.372 e. The highest BCUT2D eigenvalue weighted by atomic mass is 16.5. The van der Waals surface area contributed by atoms with Gasteiger partial charge in [0.1, 0.15) is 5.69 Å². The predicted molar refractivity (Wildman–Crippen MR) is 101 cm³/mol. The first-order valence-corrected chi connectivity index (χ1v) is 9.42. The highest BCUT2D eigenvalue weighted by Crippen LogP contribution is 2.30. The van der Waals surface area contributed by atoms with Crippen molar-refractivity contribution in [3.63, 3.8) is 0 Å². The summed E-state index contributed by atoms with van der Waals surface area (Å²) < 4.78 is 5.83. The summed E-state index contributed by atoms with van der Waals surface area (Å²) in [5.74, 6) is -0.667. The third-order valence-electron chi connectivity index (χ3n) is 4.89. The third-order valence-corrected chi connectivity index (χ3v) is 4.89. The monoisotopic (exact) mass is 365 g/mol. The van der Waals surface area contributed by atoms with Crippen molar-refractivity contribution in [3.8, 4) is 6.07 Å². The number of para-hydroxylation sites is 2. The first-order valence-electron chi connectivity index (χ1n) is 9.42. The summed E-state index contributed by atoms with van der Waals surface area (Å²) in [4.78, 5) is 24.2. The van der Waals surface area contributed by atoms with Crippen molar-refractivity contribution in [2.75, 3.05) is 18.0 Å². The van der Waals surface area contributed by atoms with Gasteiger partial charge in [0.25, 0.3) is 0 Å². The number of carbonyl (C=O) groups is 1. The van der Waals surface area contributed by atoms with E-state index < -0.39 is 5.92 Å². The molecule has 1 saturated carbocycles. The van der Waals surface area contributed by atoms with Crippen LogP contribution in [0.25, 0.3) is 11.0 Å². The first-order chi connectivity index (χ1) is 13.0. The molecule has 1 aliphatic heterocycles. The molecule has 1 N–H and O–H groups in total. The van der Waals surface area contributed by atoms with Gasteiger partial charge in [-0.2, -0.15) is 5.26 Å². The fraction of sp³-hybridized carbons (Fsp3) is 0.500. The van der Waals surface area contributed by atoms with Crippen molar-refractivity contribution < 1.29 is 9.53 Å². The van der Waals surface area contributed by atoms with Crippen LogP contribution in [0.3, 0.4) is 0 Å². The quantitative estimate of drug-likeness (QED) is 0.892. The van der Waals surface area contributed by atoms with E-state index in [9.17, 15) is 10.1 Å². The molecule has 2 fully saturated rings. The van der Waals surface area contributed by atoms with Crippen molar-refractivity contribution in [2.24, 2.45) is 0 Å². The van der Waals surface area contributed by atoms with Gasteiger partial charge in [-0.15, -0.1) is 0 Å². The summed E-state index contributed by atoms with van der Waals surface area (Å²) in [6.45, 7) is 5.32. The summed E-state index contributed by atoms with van der Waals surface area (Å²) in [6.07, 6.45) is 2.02. The molecule has 7 heteroatoms. The molecule has 1 aliphatic carbocycles. The average molecular weight is 365 g/mol. The number of benzene rings is 1. The van der Waals surface area contributed by atoms with Crippen LogP contribution in [0.5, 0.6) is 0 Å². The maximum atomic E-state index is 12.7. The van der Waals surface area contributed by atoms with Gasteiger partial charge in [0, 0.05) is 19.1 Å². The molecule has 4 rings (SSSR count). The van der Waals surface area contributed by atoms with E-state index in [1.165, 1.54) is 0 Å². The number of aromatic nitrogens is 2. The third kappa shape index (κ3) is 3.71. The lowest BCUT2D eigenvalue weighted by Gasteiger charge is -2.37. The minimum absolute atomic E-state index is 0.0377. The predicted octanol–water partition coefficient (Wildman–Crippen LogP) is 2.13. The van der Waals surface area contributed by atoms with Crippen LogP contribution in [0, 0.1) is 11.3 Å². The van der Waals surface area contributed by atoms with Crippen LogP contribution in [-0.2, 0) is 9.53 Å². The number of amides is 1. The zero-order valence-corrected chi connectivity index (χ0v) is 15.6. The maximum Gasteiger partial charge on any atom is 0.243 e. The number of rotatable bonds is 4. The Morgan fingerprint density at radius 2 is 1.85 bits per heavy atom. The number of fused-ring (bicyclic) bond motifs is 1. The molecule has 0 unspecified atom stereocenters. The van der Waals surface area contributed by atoms with Gasteiger partial charge in [-0.1, -0.05) is 12.1 Å². The summed E-state index contributed by atoms with van der Waals surface area (Å²) in [7, 11) is 0. The molecule has 2 aromatic rings. The fourth-order valence-electron chi connectivity index (χ4n) is 3.54. The zero-order valence-electron chi connectivity index (χ0n) is 15.6. The molecule has 7 nitrogen and oxygen atoms in total. The molecule has 1 amide bonds. The molecule has 0 bridgehead atoms. The smallest absolute Gasteiger partial charge is 0.243 e. The number of nitrogens with zero attached hydrogens (tertiary/aromatic N) is 4. The lowest BCUT2D eigenvalue weighted by Crippen LogP contribution is -2.46. The molecule has 27 heavy (non-hydrogen) atoms. The van der Waals surface area contributed by atoms with Crippen LogP contribution in [0.4, 0.5) is 5.82 Å². The van der Waals surface area contributed by atoms with E-state index >= 15 is 0 Å². The summed E-state index contributed by atoms with van der Waals surface area (Å²) in [6, 6.07) is 9.88. The van der Waals surface area contributed by atoms with Gasteiger partial charge in [0.05, 0.1) is 29.3 Å². The summed E-state index contributed by atoms with van der Waals surface area (Å²) in [5.41, 5.74) is 1.86. The lowest BCUT2D eigenvalue weighted by molar-refractivity contribution is -0.121. The van der Waals surface area contributed by atoms with E-state index in [1.54, 1.807) is 0 Å². The summed E-state index contributed by atoms with van der Waals surface area (Å²) in [5, 5.41) is 12.7. The van der Waals surface area contributed by atoms with Crippen molar-refractivity contribution in [3.05, 3.63) is 30.0 Å². The molecule has 3 atom stereocenters. The highest BCUT2D eigenvalue weighted by molar-refractivity contribution is 5.89. The van der Waals surface area contributed by atoms with Crippen molar-refractivity contribution in [1.29, 1.82) is 5.26 Å². The molecule has 0 spiro atoms. The van der Waals surface area contributed by atoms with Crippen LogP contribution < -0.4 is 10.2 Å². The van der Waals surface area contributed by atoms with Crippen molar-refractivity contribution in [1.82, 2.24) is 15.3 Å². The van der Waals surface area contributed by atoms with Gasteiger partial charge in [-0.3, -0.25) is 4.79 Å². The van der Waals surface area contributed by atoms with Gasteiger partial charge in [0.15, 0.2) is 11.7 Å². The molecule has 2 heterocycles. The second kappa shape index (κ2) is 7.12. The number of anilines is 1. The van der Waals surface area contributed by atoms with Crippen LogP contribution in [-0.4, -0.2) is 47.2 Å². The number of ether oxygens (including phenoxy) is 1. The zero-order chi connectivity index (χ0) is 19.0. The first kappa shape index (κ1) is 17.7. The second-order valence-corrected chi connectivity index (χ2v) is 7.43. The van der Waals surface area contributed by atoms with Gasteiger partial charge < -0.3 is 15.0 Å². The molecule has 2 aliphatic rings. The van der Waals surface area contributed by atoms with Crippen LogP contribution in [0.15, 0.2) is 24.3 Å². The maximum absolute atomic E-state index is 12.7. The highest BCUT2D eigenvalue weighted by Gasteiger charge is 2.34. The Labute approximate surface area is 158 Å². The number of hydrogen-bond acceptors (Lipinski definition) is 6. The van der Waals surface area contributed by atoms with Gasteiger partial charge in [-0.05, 0) is 38.8 Å². The average Bonchev–Trinajstić information content (AvgIpc) is 3.45. The Kier molecular flexibility index (Phi) is 4.66. The molecular formula is C20H23N5O2. The molecule has 0 radical (unpaired) electrons. The topological polar surface area (TPSA) is 91.1 Å². The largest absolute Gasteiger partial charge is 0.372 e. The standard InChI is InChI=1S/C20H23N5O2/c1-12-10-25(11-13(2)27-12)19-18(15(9-21)20(26)22-14-7-8-14)23-16-5-3-4-6-17(16)24-19/h3-6,12-15H,7-8,10-11H2,1-2H3,(H,22,26)/t12-,13-,15-/m1/s1. The van der Waals surface area contributed by atoms with Crippen molar-refractivity contribution >= 4 is 22.8 Å². The second-order valence-electron chi connectivity index (χ2n) is 7.43. The Hall–Kier alpha value is -2.72. The lowest BCUT2D eigenvalue weighted by atomic mass is 10.0. The Balaban J connectivity index is 1.78. The van der Waals surface area contributed by atoms with E-state index in [4.69, 9.17) is 14.7 Å². The molecule has 1 saturated heterocycles. The molecule has 1 aromatic heterocycles. The Bertz CT molecular complexity index is 895. The summed E-state index contributed by atoms with van der Waals surface area (Å²) >= 11 is 0. The van der Waals surface area contributed by atoms with Gasteiger partial charge in [0.2, 0.25) is 5.91 Å². The van der Waals surface area contributed by atoms with Crippen LogP contribution in [0.1, 0.15) is 38.3 Å². The Morgan fingerprint density at radius 3 is 2.44 bits per heavy atom. The van der Waals surface area contributed by atoms with E-state index in [-0.39, 0.29) is 24.2 Å². The normalized spacial score (nSPS) is 23.7. The number of nitrogens with one attached hydrogen (secondary N) is 1. The minimum atomic E-state index is -0.980. The fourth-order valence-corrected chi connectivity index (χ4v) is 3.54. The molecule has 1 aromatic carbocycles. The van der Waals surface area contributed by atoms with E-state index in [0.717, 1.165) is 18.4 Å². The van der Waals surface area contributed by atoms with Crippen LogP contribution in [0.2, 0.25) is 0 Å². The number of morpholine rings is 1. The van der Waals surface area contributed by atoms with Gasteiger partial charge >= 0.3 is 0 Å². The van der Waals surface area contributed by atoms with E-state index in [1.807, 2.05) is 38.1 Å². The Morgan fingerprint density at radius 1 is 1.22 bits per heavy atom.